The minimum Gasteiger partial charge on any atom is -0.495 e. The molecular formula is C15H22N3O5+. The topological polar surface area (TPSA) is 95.1 Å². The highest BCUT2D eigenvalue weighted by atomic mass is 16.6. The van der Waals surface area contributed by atoms with Gasteiger partial charge in [-0.25, -0.2) is 0 Å². The lowest BCUT2D eigenvalue weighted by molar-refractivity contribution is -0.907. The van der Waals surface area contributed by atoms with Crippen LogP contribution >= 0.6 is 0 Å². The van der Waals surface area contributed by atoms with Crippen molar-refractivity contribution in [3.63, 3.8) is 0 Å². The third kappa shape index (κ3) is 4.64. The number of nitro groups is 1. The Bertz CT molecular complexity index is 582. The number of morpholine rings is 1. The van der Waals surface area contributed by atoms with Gasteiger partial charge in [-0.15, -0.1) is 0 Å². The first kappa shape index (κ1) is 17.2. The van der Waals surface area contributed by atoms with Gasteiger partial charge in [0.25, 0.3) is 11.6 Å². The number of quaternary nitrogens is 1. The number of non-ortho nitro benzene ring substituents is 1. The third-order valence-electron chi connectivity index (χ3n) is 3.70. The van der Waals surface area contributed by atoms with Crippen LogP contribution in [0.25, 0.3) is 0 Å². The molecule has 0 unspecified atom stereocenters. The van der Waals surface area contributed by atoms with Gasteiger partial charge in [-0.05, 0) is 19.9 Å². The molecule has 0 saturated carbocycles. The molecule has 1 aliphatic rings. The number of amides is 1. The van der Waals surface area contributed by atoms with Gasteiger partial charge in [-0.1, -0.05) is 0 Å². The minimum absolute atomic E-state index is 0.0953. The van der Waals surface area contributed by atoms with E-state index in [1.807, 2.05) is 13.8 Å². The molecule has 0 radical (unpaired) electrons. The zero-order valence-corrected chi connectivity index (χ0v) is 13.5. The van der Waals surface area contributed by atoms with Gasteiger partial charge in [0.15, 0.2) is 6.54 Å². The second kappa shape index (κ2) is 7.38. The van der Waals surface area contributed by atoms with Crippen LogP contribution in [0.1, 0.15) is 13.8 Å². The van der Waals surface area contributed by atoms with Crippen LogP contribution in [0, 0.1) is 10.1 Å². The normalized spacial score (nSPS) is 24.0. The maximum Gasteiger partial charge on any atom is 0.279 e. The van der Waals surface area contributed by atoms with E-state index in [-0.39, 0.29) is 30.3 Å². The zero-order valence-electron chi connectivity index (χ0n) is 13.5. The first-order valence-electron chi connectivity index (χ1n) is 7.50. The largest absolute Gasteiger partial charge is 0.495 e. The number of nitrogens with one attached hydrogen (secondary N) is 2. The van der Waals surface area contributed by atoms with Crippen LogP contribution in [0.2, 0.25) is 0 Å². The number of nitro benzene ring substituents is 1. The van der Waals surface area contributed by atoms with E-state index in [0.29, 0.717) is 11.4 Å². The monoisotopic (exact) mass is 324 g/mol. The van der Waals surface area contributed by atoms with Crippen molar-refractivity contribution in [2.24, 2.45) is 0 Å². The molecule has 8 nitrogen and oxygen atoms in total. The van der Waals surface area contributed by atoms with Gasteiger partial charge >= 0.3 is 0 Å². The summed E-state index contributed by atoms with van der Waals surface area (Å²) in [6, 6.07) is 4.11. The number of methoxy groups -OCH3 is 1. The molecule has 0 spiro atoms. The van der Waals surface area contributed by atoms with Gasteiger partial charge in [0.1, 0.15) is 31.0 Å². The average molecular weight is 324 g/mol. The number of carbonyl (C=O) groups is 1. The van der Waals surface area contributed by atoms with Crippen molar-refractivity contribution in [1.82, 2.24) is 0 Å². The van der Waals surface area contributed by atoms with Crippen LogP contribution in [-0.2, 0) is 9.53 Å². The Kier molecular flexibility index (Phi) is 5.51. The Balaban J connectivity index is 2.04. The fourth-order valence-electron chi connectivity index (χ4n) is 2.86. The molecule has 1 aromatic carbocycles. The van der Waals surface area contributed by atoms with Gasteiger partial charge in [-0.2, -0.15) is 0 Å². The molecule has 2 atom stereocenters. The molecule has 1 aromatic rings. The van der Waals surface area contributed by atoms with Crippen molar-refractivity contribution in [3.05, 3.63) is 28.3 Å². The number of hydrogen-bond donors (Lipinski definition) is 2. The minimum atomic E-state index is -0.508. The predicted octanol–water partition coefficient (Wildman–Crippen LogP) is 0.234. The summed E-state index contributed by atoms with van der Waals surface area (Å²) in [4.78, 5) is 23.7. The molecule has 8 heteroatoms. The Morgan fingerprint density at radius 3 is 2.65 bits per heavy atom. The lowest BCUT2D eigenvalue weighted by Gasteiger charge is -2.31. The van der Waals surface area contributed by atoms with E-state index in [0.717, 1.165) is 18.0 Å². The maximum absolute atomic E-state index is 12.2. The molecular weight excluding hydrogens is 302 g/mol. The smallest absolute Gasteiger partial charge is 0.279 e. The van der Waals surface area contributed by atoms with E-state index in [1.54, 1.807) is 0 Å². The van der Waals surface area contributed by atoms with E-state index in [1.165, 1.54) is 25.3 Å². The number of benzene rings is 1. The predicted molar refractivity (Wildman–Crippen MR) is 83.9 cm³/mol. The molecule has 1 aliphatic heterocycles. The van der Waals surface area contributed by atoms with Crippen LogP contribution < -0.4 is 15.0 Å². The SMILES string of the molecule is COc1ccc([N+](=O)[O-])cc1NC(=O)C[NH+]1C[C@H](C)O[C@@H](C)C1. The molecule has 126 valence electrons. The summed E-state index contributed by atoms with van der Waals surface area (Å²) in [6.45, 7) is 5.76. The van der Waals surface area contributed by atoms with Gasteiger partial charge < -0.3 is 19.7 Å². The van der Waals surface area contributed by atoms with E-state index in [9.17, 15) is 14.9 Å². The van der Waals surface area contributed by atoms with Crippen molar-refractivity contribution in [3.8, 4) is 5.75 Å². The molecule has 2 N–H and O–H groups in total. The highest BCUT2D eigenvalue weighted by Gasteiger charge is 2.27. The fraction of sp³-hybridized carbons (Fsp3) is 0.533. The maximum atomic E-state index is 12.2. The molecule has 1 amide bonds. The Labute approximate surface area is 134 Å². The second-order valence-corrected chi connectivity index (χ2v) is 5.78. The summed E-state index contributed by atoms with van der Waals surface area (Å²) in [5.41, 5.74) is 0.211. The second-order valence-electron chi connectivity index (χ2n) is 5.78. The lowest BCUT2D eigenvalue weighted by Crippen LogP contribution is -3.16. The molecule has 1 fully saturated rings. The quantitative estimate of drug-likeness (QED) is 0.597. The summed E-state index contributed by atoms with van der Waals surface area (Å²) in [5, 5.41) is 13.6. The highest BCUT2D eigenvalue weighted by Crippen LogP contribution is 2.28. The van der Waals surface area contributed by atoms with E-state index in [4.69, 9.17) is 9.47 Å². The Morgan fingerprint density at radius 2 is 2.09 bits per heavy atom. The van der Waals surface area contributed by atoms with Crippen LogP contribution in [0.4, 0.5) is 11.4 Å². The van der Waals surface area contributed by atoms with Gasteiger partial charge in [0.2, 0.25) is 0 Å². The summed E-state index contributed by atoms with van der Waals surface area (Å²) in [7, 11) is 1.45. The summed E-state index contributed by atoms with van der Waals surface area (Å²) in [6.07, 6.45) is 0.211. The number of hydrogen-bond acceptors (Lipinski definition) is 5. The first-order chi connectivity index (χ1) is 10.9. The van der Waals surface area contributed by atoms with Crippen molar-refractivity contribution in [1.29, 1.82) is 0 Å². The van der Waals surface area contributed by atoms with Crippen LogP contribution in [0.3, 0.4) is 0 Å². The standard InChI is InChI=1S/C15H21N3O5/c1-10-7-17(8-11(2)23-10)9-15(19)16-13-6-12(18(20)21)4-5-14(13)22-3/h4-6,10-11H,7-9H2,1-3H3,(H,16,19)/p+1/t10-,11-/m0/s1. The zero-order chi connectivity index (χ0) is 17.0. The highest BCUT2D eigenvalue weighted by molar-refractivity contribution is 5.93. The molecule has 0 aliphatic carbocycles. The lowest BCUT2D eigenvalue weighted by atomic mass is 10.2. The molecule has 1 heterocycles. The first-order valence-corrected chi connectivity index (χ1v) is 7.50. The molecule has 23 heavy (non-hydrogen) atoms. The van der Waals surface area contributed by atoms with Gasteiger partial charge in [-0.3, -0.25) is 14.9 Å². The van der Waals surface area contributed by atoms with Crippen LogP contribution in [-0.4, -0.2) is 49.8 Å². The summed E-state index contributed by atoms with van der Waals surface area (Å²) in [5.74, 6) is 0.183. The van der Waals surface area contributed by atoms with Gasteiger partial charge in [0.05, 0.1) is 17.7 Å². The number of ether oxygens (including phenoxy) is 2. The Hall–Kier alpha value is -2.19. The summed E-state index contributed by atoms with van der Waals surface area (Å²) < 4.78 is 10.8. The van der Waals surface area contributed by atoms with Crippen LogP contribution in [0.15, 0.2) is 18.2 Å². The van der Waals surface area contributed by atoms with Crippen molar-refractivity contribution < 1.29 is 24.1 Å². The number of anilines is 1. The van der Waals surface area contributed by atoms with E-state index < -0.39 is 4.92 Å². The van der Waals surface area contributed by atoms with Crippen molar-refractivity contribution in [2.75, 3.05) is 32.1 Å². The van der Waals surface area contributed by atoms with Crippen molar-refractivity contribution >= 4 is 17.3 Å². The van der Waals surface area contributed by atoms with Crippen LogP contribution in [0.5, 0.6) is 5.75 Å². The summed E-state index contributed by atoms with van der Waals surface area (Å²) >= 11 is 0. The van der Waals surface area contributed by atoms with E-state index in [2.05, 4.69) is 5.32 Å². The molecule has 2 rings (SSSR count). The molecule has 1 saturated heterocycles. The number of carbonyl (C=O) groups excluding carboxylic acids is 1. The van der Waals surface area contributed by atoms with Gasteiger partial charge in [0, 0.05) is 12.1 Å². The fourth-order valence-corrected chi connectivity index (χ4v) is 2.86. The van der Waals surface area contributed by atoms with E-state index >= 15 is 0 Å². The molecule has 0 bridgehead atoms. The Morgan fingerprint density at radius 1 is 1.43 bits per heavy atom. The average Bonchev–Trinajstić information content (AvgIpc) is 2.45. The molecule has 0 aromatic heterocycles. The number of nitrogens with zero attached hydrogens (tertiary/aromatic N) is 1. The third-order valence-corrected chi connectivity index (χ3v) is 3.70. The number of rotatable bonds is 5. The van der Waals surface area contributed by atoms with Crippen molar-refractivity contribution in [2.45, 2.75) is 26.1 Å².